The lowest BCUT2D eigenvalue weighted by Gasteiger charge is -2.29. The zero-order valence-corrected chi connectivity index (χ0v) is 19.8. The number of nitrogens with one attached hydrogen (secondary N) is 1. The van der Waals surface area contributed by atoms with Gasteiger partial charge in [-0.15, -0.1) is 0 Å². The van der Waals surface area contributed by atoms with Crippen LogP contribution in [-0.2, 0) is 16.0 Å². The van der Waals surface area contributed by atoms with Crippen LogP contribution in [0.25, 0.3) is 0 Å². The molecule has 33 heavy (non-hydrogen) atoms. The van der Waals surface area contributed by atoms with Gasteiger partial charge in [0, 0.05) is 69.0 Å². The van der Waals surface area contributed by atoms with Crippen LogP contribution < -0.4 is 15.0 Å². The van der Waals surface area contributed by atoms with E-state index in [0.29, 0.717) is 19.0 Å². The van der Waals surface area contributed by atoms with Gasteiger partial charge < -0.3 is 24.4 Å². The molecule has 0 spiro atoms. The number of aromatic nitrogens is 1. The minimum absolute atomic E-state index is 0.495. The molecule has 1 N–H and O–H groups in total. The van der Waals surface area contributed by atoms with Gasteiger partial charge in [-0.05, 0) is 25.1 Å². The minimum atomic E-state index is 0.495. The van der Waals surface area contributed by atoms with E-state index in [1.807, 2.05) is 19.3 Å². The third kappa shape index (κ3) is 6.90. The van der Waals surface area contributed by atoms with Crippen molar-refractivity contribution >= 4 is 17.6 Å². The average Bonchev–Trinajstić information content (AvgIpc) is 2.85. The molecule has 3 heterocycles. The molecular formula is C25H35N5O3. The van der Waals surface area contributed by atoms with E-state index in [1.165, 1.54) is 5.56 Å². The van der Waals surface area contributed by atoms with Crippen LogP contribution in [0.4, 0.5) is 11.4 Å². The number of nitrogens with zero attached hydrogens (tertiary/aromatic N) is 4. The number of hydrogen-bond acceptors (Lipinski definition) is 8. The molecule has 1 aromatic heterocycles. The molecule has 2 fully saturated rings. The number of pyridine rings is 1. The van der Waals surface area contributed by atoms with Crippen LogP contribution in [0.1, 0.15) is 16.8 Å². The molecule has 2 aromatic rings. The van der Waals surface area contributed by atoms with E-state index in [4.69, 9.17) is 24.2 Å². The second kappa shape index (κ2) is 12.0. The van der Waals surface area contributed by atoms with Gasteiger partial charge in [0.2, 0.25) is 5.88 Å². The Morgan fingerprint density at radius 2 is 1.82 bits per heavy atom. The molecule has 2 aliphatic heterocycles. The van der Waals surface area contributed by atoms with Crippen LogP contribution in [0.2, 0.25) is 0 Å². The van der Waals surface area contributed by atoms with Gasteiger partial charge in [-0.2, -0.15) is 0 Å². The van der Waals surface area contributed by atoms with Crippen molar-refractivity contribution in [3.8, 4) is 5.88 Å². The van der Waals surface area contributed by atoms with Crippen molar-refractivity contribution in [2.75, 3.05) is 83.0 Å². The van der Waals surface area contributed by atoms with E-state index in [9.17, 15) is 0 Å². The lowest BCUT2D eigenvalue weighted by Crippen LogP contribution is -2.38. The van der Waals surface area contributed by atoms with E-state index in [1.54, 1.807) is 0 Å². The Kier molecular flexibility index (Phi) is 8.52. The first-order valence-electron chi connectivity index (χ1n) is 11.8. The molecule has 0 radical (unpaired) electrons. The number of ether oxygens (including phenoxy) is 3. The minimum Gasteiger partial charge on any atom is -0.476 e. The van der Waals surface area contributed by atoms with Crippen LogP contribution >= 0.6 is 0 Å². The van der Waals surface area contributed by atoms with Crippen molar-refractivity contribution in [3.05, 3.63) is 47.2 Å². The molecule has 1 aromatic carbocycles. The number of hydrogen-bond donors (Lipinski definition) is 1. The van der Waals surface area contributed by atoms with Gasteiger partial charge in [0.1, 0.15) is 6.61 Å². The van der Waals surface area contributed by atoms with Crippen LogP contribution in [0.3, 0.4) is 0 Å². The molecule has 2 aliphatic rings. The van der Waals surface area contributed by atoms with Crippen molar-refractivity contribution in [1.29, 1.82) is 0 Å². The molecular weight excluding hydrogens is 418 g/mol. The fourth-order valence-electron chi connectivity index (χ4n) is 4.06. The van der Waals surface area contributed by atoms with E-state index in [0.717, 1.165) is 81.8 Å². The Bertz CT molecular complexity index is 924. The number of rotatable bonds is 9. The Labute approximate surface area is 196 Å². The first kappa shape index (κ1) is 23.5. The highest BCUT2D eigenvalue weighted by atomic mass is 16.5. The summed E-state index contributed by atoms with van der Waals surface area (Å²) in [6, 6.07) is 10.5. The van der Waals surface area contributed by atoms with Gasteiger partial charge in [-0.25, -0.2) is 4.98 Å². The number of aryl methyl sites for hydroxylation is 1. The SMILES string of the molecule is CNc1ccc(C)cc1C=NCc1cc(N2CCOCC2)cc(OCCN2CCOCC2)n1. The smallest absolute Gasteiger partial charge is 0.215 e. The monoisotopic (exact) mass is 453 g/mol. The quantitative estimate of drug-likeness (QED) is 0.585. The van der Waals surface area contributed by atoms with Crippen LogP contribution in [-0.4, -0.2) is 88.9 Å². The second-order valence-corrected chi connectivity index (χ2v) is 8.37. The summed E-state index contributed by atoms with van der Waals surface area (Å²) in [5, 5.41) is 3.23. The molecule has 0 aliphatic carbocycles. The number of benzene rings is 1. The Morgan fingerprint density at radius 1 is 1.06 bits per heavy atom. The average molecular weight is 454 g/mol. The van der Waals surface area contributed by atoms with Crippen LogP contribution in [0.5, 0.6) is 5.88 Å². The summed E-state index contributed by atoms with van der Waals surface area (Å²) in [5.41, 5.74) is 5.36. The van der Waals surface area contributed by atoms with Gasteiger partial charge in [0.25, 0.3) is 0 Å². The summed E-state index contributed by atoms with van der Waals surface area (Å²) in [5.74, 6) is 0.656. The van der Waals surface area contributed by atoms with Gasteiger partial charge in [0.05, 0.1) is 38.7 Å². The molecule has 8 heteroatoms. The number of morpholine rings is 2. The maximum absolute atomic E-state index is 6.08. The summed E-state index contributed by atoms with van der Waals surface area (Å²) >= 11 is 0. The second-order valence-electron chi connectivity index (χ2n) is 8.37. The predicted octanol–water partition coefficient (Wildman–Crippen LogP) is 2.60. The largest absolute Gasteiger partial charge is 0.476 e. The van der Waals surface area contributed by atoms with E-state index < -0.39 is 0 Å². The molecule has 0 bridgehead atoms. The summed E-state index contributed by atoms with van der Waals surface area (Å²) in [6.45, 7) is 10.8. The maximum atomic E-state index is 6.08. The molecule has 0 atom stereocenters. The Hall–Kier alpha value is -2.68. The third-order valence-corrected chi connectivity index (χ3v) is 5.94. The summed E-state index contributed by atoms with van der Waals surface area (Å²) in [7, 11) is 1.93. The fraction of sp³-hybridized carbons (Fsp3) is 0.520. The van der Waals surface area contributed by atoms with Crippen molar-refractivity contribution in [2.45, 2.75) is 13.5 Å². The van der Waals surface area contributed by atoms with E-state index >= 15 is 0 Å². The number of aliphatic imine (C=N–C) groups is 1. The zero-order chi connectivity index (χ0) is 22.9. The number of anilines is 2. The van der Waals surface area contributed by atoms with Crippen molar-refractivity contribution in [3.63, 3.8) is 0 Å². The van der Waals surface area contributed by atoms with Gasteiger partial charge in [-0.1, -0.05) is 11.6 Å². The third-order valence-electron chi connectivity index (χ3n) is 5.94. The zero-order valence-electron chi connectivity index (χ0n) is 19.8. The van der Waals surface area contributed by atoms with Gasteiger partial charge in [-0.3, -0.25) is 9.89 Å². The fourth-order valence-corrected chi connectivity index (χ4v) is 4.06. The summed E-state index contributed by atoms with van der Waals surface area (Å²) in [4.78, 5) is 14.1. The molecule has 0 unspecified atom stereocenters. The van der Waals surface area contributed by atoms with Crippen LogP contribution in [0, 0.1) is 6.92 Å². The van der Waals surface area contributed by atoms with E-state index in [-0.39, 0.29) is 0 Å². The van der Waals surface area contributed by atoms with Crippen molar-refractivity contribution in [1.82, 2.24) is 9.88 Å². The summed E-state index contributed by atoms with van der Waals surface area (Å²) in [6.07, 6.45) is 1.92. The normalized spacial score (nSPS) is 17.5. The maximum Gasteiger partial charge on any atom is 0.215 e. The Balaban J connectivity index is 1.45. The van der Waals surface area contributed by atoms with Gasteiger partial charge in [0.15, 0.2) is 0 Å². The predicted molar refractivity (Wildman–Crippen MR) is 132 cm³/mol. The van der Waals surface area contributed by atoms with Crippen molar-refractivity contribution < 1.29 is 14.2 Å². The Morgan fingerprint density at radius 3 is 2.58 bits per heavy atom. The molecule has 0 amide bonds. The first-order chi connectivity index (χ1) is 16.2. The molecule has 2 saturated heterocycles. The lowest BCUT2D eigenvalue weighted by molar-refractivity contribution is 0.0320. The molecule has 4 rings (SSSR count). The van der Waals surface area contributed by atoms with Crippen LogP contribution in [0.15, 0.2) is 35.3 Å². The summed E-state index contributed by atoms with van der Waals surface area (Å²) < 4.78 is 17.0. The highest BCUT2D eigenvalue weighted by Gasteiger charge is 2.15. The standard InChI is InChI=1S/C25H35N5O3/c1-20-3-4-24(26-2)21(15-20)18-27-19-22-16-23(30-8-12-32-13-9-30)17-25(28-22)33-14-7-29-5-10-31-11-6-29/h3-4,15-18,26H,5-14,19H2,1-2H3. The molecule has 178 valence electrons. The van der Waals surface area contributed by atoms with Gasteiger partial charge >= 0.3 is 0 Å². The molecule has 8 nitrogen and oxygen atoms in total. The van der Waals surface area contributed by atoms with E-state index in [2.05, 4.69) is 46.3 Å². The topological polar surface area (TPSA) is 71.5 Å². The highest BCUT2D eigenvalue weighted by Crippen LogP contribution is 2.23. The lowest BCUT2D eigenvalue weighted by atomic mass is 10.1. The highest BCUT2D eigenvalue weighted by molar-refractivity contribution is 5.87. The van der Waals surface area contributed by atoms with Crippen molar-refractivity contribution in [2.24, 2.45) is 4.99 Å². The first-order valence-corrected chi connectivity index (χ1v) is 11.8. The molecule has 0 saturated carbocycles.